The van der Waals surface area contributed by atoms with Crippen LogP contribution in [-0.4, -0.2) is 46.4 Å². The highest BCUT2D eigenvalue weighted by atomic mass is 35.5. The Balaban J connectivity index is 0.00000242. The van der Waals surface area contributed by atoms with Crippen molar-refractivity contribution in [3.8, 4) is 11.1 Å². The van der Waals surface area contributed by atoms with Gasteiger partial charge in [-0.2, -0.15) is 0 Å². The number of aromatic nitrogens is 1. The molecule has 1 N–H and O–H groups in total. The number of amides is 2. The summed E-state index contributed by atoms with van der Waals surface area (Å²) in [6.07, 6.45) is 8.92. The van der Waals surface area contributed by atoms with Crippen LogP contribution in [0.1, 0.15) is 61.3 Å². The molecule has 2 saturated heterocycles. The Morgan fingerprint density at radius 1 is 1.13 bits per heavy atom. The second-order valence-electron chi connectivity index (χ2n) is 11.7. The molecule has 2 aromatic heterocycles. The number of carbonyl (C=O) groups is 2. The van der Waals surface area contributed by atoms with Gasteiger partial charge in [0, 0.05) is 70.4 Å². The molecule has 198 valence electrons. The fraction of sp³-hybridized carbons (Fsp3) is 0.483. The summed E-state index contributed by atoms with van der Waals surface area (Å²) in [6.45, 7) is 2.50. The van der Waals surface area contributed by atoms with Crippen LogP contribution in [0.25, 0.3) is 21.3 Å². The normalized spacial score (nSPS) is 26.9. The molecule has 8 rings (SSSR count). The molecule has 38 heavy (non-hydrogen) atoms. The van der Waals surface area contributed by atoms with Crippen LogP contribution in [0.4, 0.5) is 5.69 Å². The van der Waals surface area contributed by atoms with Gasteiger partial charge in [-0.3, -0.25) is 19.5 Å². The van der Waals surface area contributed by atoms with Crippen LogP contribution in [0.3, 0.4) is 0 Å². The fourth-order valence-corrected chi connectivity index (χ4v) is 8.66. The number of nitrogens with one attached hydrogen (secondary N) is 1. The Kier molecular flexibility index (Phi) is 5.82. The van der Waals surface area contributed by atoms with Gasteiger partial charge >= 0.3 is 0 Å². The van der Waals surface area contributed by atoms with Crippen molar-refractivity contribution in [2.45, 2.75) is 69.0 Å². The van der Waals surface area contributed by atoms with Crippen molar-refractivity contribution < 1.29 is 9.59 Å². The maximum absolute atomic E-state index is 12.2. The first kappa shape index (κ1) is 24.8. The van der Waals surface area contributed by atoms with E-state index in [1.807, 2.05) is 12.3 Å². The summed E-state index contributed by atoms with van der Waals surface area (Å²) in [5.74, 6) is 1.18. The Labute approximate surface area is 237 Å². The van der Waals surface area contributed by atoms with Crippen molar-refractivity contribution in [2.75, 3.05) is 18.0 Å². The second kappa shape index (κ2) is 8.91. The lowest BCUT2D eigenvalue weighted by atomic mass is 9.75. The van der Waals surface area contributed by atoms with Crippen LogP contribution in [-0.2, 0) is 16.1 Å². The molecule has 5 aliphatic rings. The van der Waals surface area contributed by atoms with E-state index >= 15 is 0 Å². The van der Waals surface area contributed by atoms with Gasteiger partial charge in [-0.1, -0.05) is 11.6 Å². The van der Waals surface area contributed by atoms with Gasteiger partial charge in [0.05, 0.1) is 16.8 Å². The number of fused-ring (bicyclic) bond motifs is 4. The van der Waals surface area contributed by atoms with Crippen LogP contribution >= 0.6 is 35.3 Å². The van der Waals surface area contributed by atoms with Gasteiger partial charge < -0.3 is 10.2 Å². The van der Waals surface area contributed by atoms with Crippen molar-refractivity contribution in [3.05, 3.63) is 45.9 Å². The summed E-state index contributed by atoms with van der Waals surface area (Å²) in [4.78, 5) is 34.2. The first-order valence-electron chi connectivity index (χ1n) is 13.5. The summed E-state index contributed by atoms with van der Waals surface area (Å²) in [5, 5.41) is 4.67. The fourth-order valence-electron chi connectivity index (χ4n) is 7.30. The topological polar surface area (TPSA) is 65.5 Å². The van der Waals surface area contributed by atoms with Crippen LogP contribution in [0.2, 0.25) is 5.02 Å². The molecule has 0 bridgehead atoms. The van der Waals surface area contributed by atoms with E-state index in [0.717, 1.165) is 44.7 Å². The molecule has 9 heteroatoms. The predicted molar refractivity (Wildman–Crippen MR) is 153 cm³/mol. The smallest absolute Gasteiger partial charge is 0.230 e. The van der Waals surface area contributed by atoms with Crippen LogP contribution in [0.5, 0.6) is 0 Å². The third kappa shape index (κ3) is 3.80. The number of pyridine rings is 1. The maximum atomic E-state index is 12.2. The summed E-state index contributed by atoms with van der Waals surface area (Å²) in [6, 6.07) is 9.00. The molecule has 0 radical (unpaired) electrons. The van der Waals surface area contributed by atoms with Gasteiger partial charge in [0.25, 0.3) is 0 Å². The molecule has 3 aliphatic heterocycles. The van der Waals surface area contributed by atoms with Crippen LogP contribution < -0.4 is 10.2 Å². The summed E-state index contributed by atoms with van der Waals surface area (Å²) >= 11 is 8.42. The number of benzene rings is 1. The molecule has 3 atom stereocenters. The maximum Gasteiger partial charge on any atom is 0.230 e. The number of hydrogen-bond donors (Lipinski definition) is 1. The molecule has 1 aromatic carbocycles. The largest absolute Gasteiger partial charge is 0.366 e. The van der Waals surface area contributed by atoms with E-state index in [-0.39, 0.29) is 24.2 Å². The average molecular weight is 570 g/mol. The van der Waals surface area contributed by atoms with Crippen molar-refractivity contribution >= 4 is 63.1 Å². The van der Waals surface area contributed by atoms with Crippen molar-refractivity contribution in [3.63, 3.8) is 0 Å². The Hall–Kier alpha value is -2.19. The lowest BCUT2D eigenvalue weighted by molar-refractivity contribution is -0.138. The lowest BCUT2D eigenvalue weighted by Crippen LogP contribution is -2.46. The van der Waals surface area contributed by atoms with Gasteiger partial charge in [-0.25, -0.2) is 0 Å². The minimum absolute atomic E-state index is 0. The number of thiophene rings is 1. The van der Waals surface area contributed by atoms with E-state index in [1.165, 1.54) is 53.8 Å². The van der Waals surface area contributed by atoms with E-state index in [0.29, 0.717) is 36.9 Å². The van der Waals surface area contributed by atoms with Crippen molar-refractivity contribution in [1.29, 1.82) is 0 Å². The molecule has 2 aliphatic carbocycles. The average Bonchev–Trinajstić information content (AvgIpc) is 3.18. The Morgan fingerprint density at radius 3 is 2.68 bits per heavy atom. The number of halogens is 2. The quantitative estimate of drug-likeness (QED) is 0.397. The van der Waals surface area contributed by atoms with Gasteiger partial charge in [0.1, 0.15) is 0 Å². The predicted octanol–water partition coefficient (Wildman–Crippen LogP) is 5.90. The number of likely N-dealkylation sites (tertiary alicyclic amines) is 1. The second-order valence-corrected chi connectivity index (χ2v) is 13.3. The standard InChI is InChI=1S/C29H29ClN4O2S.ClH/c30-17-9-22(20-4-7-31-24-11-19(37-28(20)24)15-34-25(35)2-3-26(34)36)27-23(10-17)21-8-16(21)14-33(27)18-12-29(32-13-18)5-1-6-29;/h4,7,9-11,16,18,21,32H,1-3,5-6,8,12-15H2;1H/t16-,18-,21-;/m0./s1. The molecular formula is C29H30Cl2N4O2S. The van der Waals surface area contributed by atoms with Gasteiger partial charge in [-0.15, -0.1) is 23.7 Å². The zero-order chi connectivity index (χ0) is 24.9. The van der Waals surface area contributed by atoms with Gasteiger partial charge in [-0.05, 0) is 73.8 Å². The number of carbonyl (C=O) groups excluding carboxylic acids is 2. The van der Waals surface area contributed by atoms with Crippen LogP contribution in [0, 0.1) is 5.92 Å². The molecule has 6 nitrogen and oxygen atoms in total. The molecule has 3 aromatic rings. The van der Waals surface area contributed by atoms with E-state index < -0.39 is 0 Å². The zero-order valence-electron chi connectivity index (χ0n) is 21.0. The van der Waals surface area contributed by atoms with E-state index in [1.54, 1.807) is 11.3 Å². The highest BCUT2D eigenvalue weighted by molar-refractivity contribution is 7.19. The summed E-state index contributed by atoms with van der Waals surface area (Å²) in [7, 11) is 0. The number of anilines is 1. The lowest BCUT2D eigenvalue weighted by Gasteiger charge is -2.41. The van der Waals surface area contributed by atoms with E-state index in [2.05, 4.69) is 33.4 Å². The number of hydrogen-bond acceptors (Lipinski definition) is 6. The monoisotopic (exact) mass is 568 g/mol. The van der Waals surface area contributed by atoms with Crippen molar-refractivity contribution in [1.82, 2.24) is 15.2 Å². The number of rotatable bonds is 4. The molecule has 2 saturated carbocycles. The summed E-state index contributed by atoms with van der Waals surface area (Å²) < 4.78 is 1.10. The number of nitrogens with zero attached hydrogens (tertiary/aromatic N) is 3. The third-order valence-corrected chi connectivity index (χ3v) is 10.8. The summed E-state index contributed by atoms with van der Waals surface area (Å²) in [5.41, 5.74) is 6.37. The first-order valence-corrected chi connectivity index (χ1v) is 14.7. The Bertz CT molecular complexity index is 1470. The molecule has 2 amide bonds. The van der Waals surface area contributed by atoms with Crippen molar-refractivity contribution in [2.24, 2.45) is 5.92 Å². The van der Waals surface area contributed by atoms with E-state index in [4.69, 9.17) is 11.6 Å². The minimum Gasteiger partial charge on any atom is -0.366 e. The highest BCUT2D eigenvalue weighted by Gasteiger charge is 2.51. The molecule has 1 spiro atoms. The Morgan fingerprint density at radius 2 is 1.95 bits per heavy atom. The SMILES string of the molecule is Cl.O=C1CCC(=O)N1Cc1cc2nccc(-c3cc(Cl)cc4c3N([C@@H]3CNC5(CCC5)C3)C[C@@H]3C[C@H]43)c2s1. The zero-order valence-corrected chi connectivity index (χ0v) is 23.4. The molecular weight excluding hydrogens is 539 g/mol. The minimum atomic E-state index is -0.0800. The van der Waals surface area contributed by atoms with Crippen LogP contribution in [0.15, 0.2) is 30.5 Å². The number of imide groups is 1. The third-order valence-electron chi connectivity index (χ3n) is 9.46. The van der Waals surface area contributed by atoms with Gasteiger partial charge in [0.2, 0.25) is 11.8 Å². The van der Waals surface area contributed by atoms with E-state index in [9.17, 15) is 9.59 Å². The molecule has 4 fully saturated rings. The highest BCUT2D eigenvalue weighted by Crippen LogP contribution is 2.59. The molecule has 0 unspecified atom stereocenters. The van der Waals surface area contributed by atoms with Gasteiger partial charge in [0.15, 0.2) is 0 Å². The first-order chi connectivity index (χ1) is 18.0. The molecule has 5 heterocycles.